The number of hydrogen-bond acceptors (Lipinski definition) is 6. The number of rotatable bonds is 11. The van der Waals surface area contributed by atoms with Crippen LogP contribution >= 0.6 is 0 Å². The Balaban J connectivity index is 1.54. The number of ether oxygens (including phenoxy) is 3. The highest BCUT2D eigenvalue weighted by atomic mass is 32.2. The van der Waals surface area contributed by atoms with E-state index in [0.717, 1.165) is 11.1 Å². The third-order valence-electron chi connectivity index (χ3n) is 5.42. The third-order valence-corrected chi connectivity index (χ3v) is 6.98. The summed E-state index contributed by atoms with van der Waals surface area (Å²) in [6.45, 7) is 3.42. The highest BCUT2D eigenvalue weighted by Gasteiger charge is 2.19. The molecule has 8 nitrogen and oxygen atoms in total. The van der Waals surface area contributed by atoms with E-state index in [2.05, 4.69) is 10.0 Å². The maximum atomic E-state index is 12.7. The second-order valence-corrected chi connectivity index (χ2v) is 9.63. The van der Waals surface area contributed by atoms with Crippen molar-refractivity contribution < 1.29 is 27.4 Å². The Bertz CT molecular complexity index is 1230. The van der Waals surface area contributed by atoms with Crippen LogP contribution in [0.1, 0.15) is 37.1 Å². The lowest BCUT2D eigenvalue weighted by molar-refractivity contribution is -0.123. The lowest BCUT2D eigenvalue weighted by Crippen LogP contribution is -2.31. The van der Waals surface area contributed by atoms with Gasteiger partial charge in [-0.15, -0.1) is 0 Å². The Morgan fingerprint density at radius 1 is 0.829 bits per heavy atom. The summed E-state index contributed by atoms with van der Waals surface area (Å²) in [7, 11) is -0.607. The molecule has 3 aromatic rings. The van der Waals surface area contributed by atoms with Crippen LogP contribution in [0.2, 0.25) is 0 Å². The fraction of sp³-hybridized carbons (Fsp3) is 0.269. The maximum absolute atomic E-state index is 12.7. The van der Waals surface area contributed by atoms with E-state index in [1.807, 2.05) is 43.3 Å². The average Bonchev–Trinajstić information content (AvgIpc) is 2.87. The van der Waals surface area contributed by atoms with Crippen molar-refractivity contribution in [2.24, 2.45) is 0 Å². The van der Waals surface area contributed by atoms with Crippen LogP contribution < -0.4 is 24.2 Å². The molecule has 0 aliphatic carbocycles. The van der Waals surface area contributed by atoms with Crippen molar-refractivity contribution in [1.82, 2.24) is 10.0 Å². The second kappa shape index (κ2) is 11.7. The average molecular weight is 499 g/mol. The number of amides is 1. The van der Waals surface area contributed by atoms with E-state index >= 15 is 0 Å². The van der Waals surface area contributed by atoms with Gasteiger partial charge in [-0.1, -0.05) is 36.4 Å². The first-order valence-electron chi connectivity index (χ1n) is 11.0. The molecule has 0 saturated carbocycles. The van der Waals surface area contributed by atoms with Gasteiger partial charge >= 0.3 is 0 Å². The standard InChI is InChI=1S/C26H30N2O6S/c1-18(21-10-15-24(32-3)25(16-21)33-4)27-26(29)17-34-22-11-13-23(14-12-22)35(30,31)28-19(2)20-8-6-5-7-9-20/h5-16,18-19,28H,17H2,1-4H3,(H,27,29)/t18-,19+/m0/s1. The number of hydrogen-bond donors (Lipinski definition) is 2. The molecule has 9 heteroatoms. The van der Waals surface area contributed by atoms with Gasteiger partial charge in [-0.3, -0.25) is 4.79 Å². The summed E-state index contributed by atoms with van der Waals surface area (Å²) in [5, 5.41) is 2.86. The minimum atomic E-state index is -3.72. The maximum Gasteiger partial charge on any atom is 0.258 e. The predicted octanol–water partition coefficient (Wildman–Crippen LogP) is 4.00. The summed E-state index contributed by atoms with van der Waals surface area (Å²) >= 11 is 0. The number of sulfonamides is 1. The molecule has 186 valence electrons. The molecule has 2 atom stereocenters. The molecule has 35 heavy (non-hydrogen) atoms. The lowest BCUT2D eigenvalue weighted by atomic mass is 10.1. The zero-order valence-corrected chi connectivity index (χ0v) is 21.0. The first kappa shape index (κ1) is 26.1. The van der Waals surface area contributed by atoms with E-state index in [-0.39, 0.29) is 29.5 Å². The number of methoxy groups -OCH3 is 2. The molecule has 0 unspecified atom stereocenters. The summed E-state index contributed by atoms with van der Waals surface area (Å²) in [5.74, 6) is 1.25. The van der Waals surface area contributed by atoms with E-state index in [9.17, 15) is 13.2 Å². The SMILES string of the molecule is COc1ccc([C@H](C)NC(=O)COc2ccc(S(=O)(=O)N[C@H](C)c3ccccc3)cc2)cc1OC. The number of carbonyl (C=O) groups excluding carboxylic acids is 1. The van der Waals surface area contributed by atoms with Crippen LogP contribution in [-0.4, -0.2) is 35.2 Å². The van der Waals surface area contributed by atoms with Gasteiger partial charge in [0, 0.05) is 6.04 Å². The fourth-order valence-corrected chi connectivity index (χ4v) is 4.70. The molecular weight excluding hydrogens is 468 g/mol. The van der Waals surface area contributed by atoms with Crippen molar-refractivity contribution in [1.29, 1.82) is 0 Å². The van der Waals surface area contributed by atoms with Gasteiger partial charge in [0.05, 0.1) is 25.2 Å². The summed E-state index contributed by atoms with van der Waals surface area (Å²) in [5.41, 5.74) is 1.71. The molecule has 0 bridgehead atoms. The Kier molecular flexibility index (Phi) is 8.73. The minimum absolute atomic E-state index is 0.110. The Hall–Kier alpha value is -3.56. The van der Waals surface area contributed by atoms with Crippen molar-refractivity contribution in [3.63, 3.8) is 0 Å². The zero-order chi connectivity index (χ0) is 25.4. The third kappa shape index (κ3) is 6.97. The quantitative estimate of drug-likeness (QED) is 0.414. The smallest absolute Gasteiger partial charge is 0.258 e. The summed E-state index contributed by atoms with van der Waals surface area (Å²) in [4.78, 5) is 12.5. The first-order chi connectivity index (χ1) is 16.7. The van der Waals surface area contributed by atoms with Crippen LogP contribution in [0, 0.1) is 0 Å². The summed E-state index contributed by atoms with van der Waals surface area (Å²) in [6, 6.07) is 20.0. The van der Waals surface area contributed by atoms with E-state index in [1.54, 1.807) is 33.3 Å². The zero-order valence-electron chi connectivity index (χ0n) is 20.1. The predicted molar refractivity (Wildman–Crippen MR) is 133 cm³/mol. The number of nitrogens with one attached hydrogen (secondary N) is 2. The van der Waals surface area contributed by atoms with Crippen molar-refractivity contribution in [3.05, 3.63) is 83.9 Å². The summed E-state index contributed by atoms with van der Waals surface area (Å²) < 4.78 is 44.1. The van der Waals surface area contributed by atoms with Crippen LogP contribution in [0.5, 0.6) is 17.2 Å². The Morgan fingerprint density at radius 3 is 2.11 bits per heavy atom. The Morgan fingerprint density at radius 2 is 1.49 bits per heavy atom. The largest absolute Gasteiger partial charge is 0.493 e. The van der Waals surface area contributed by atoms with E-state index in [0.29, 0.717) is 17.2 Å². The normalized spacial score (nSPS) is 12.9. The van der Waals surface area contributed by atoms with Crippen LogP contribution in [0.3, 0.4) is 0 Å². The molecule has 0 radical (unpaired) electrons. The molecule has 0 heterocycles. The molecule has 0 fully saturated rings. The van der Waals surface area contributed by atoms with Gasteiger partial charge in [0.25, 0.3) is 5.91 Å². The topological polar surface area (TPSA) is 103 Å². The van der Waals surface area contributed by atoms with Crippen molar-refractivity contribution >= 4 is 15.9 Å². The van der Waals surface area contributed by atoms with Crippen LogP contribution in [0.25, 0.3) is 0 Å². The first-order valence-corrected chi connectivity index (χ1v) is 12.5. The molecule has 1 amide bonds. The molecule has 0 aromatic heterocycles. The molecule has 0 aliphatic heterocycles. The highest BCUT2D eigenvalue weighted by Crippen LogP contribution is 2.29. The lowest BCUT2D eigenvalue weighted by Gasteiger charge is -2.17. The van der Waals surface area contributed by atoms with Gasteiger partial charge in [0.2, 0.25) is 10.0 Å². The summed E-state index contributed by atoms with van der Waals surface area (Å²) in [6.07, 6.45) is 0. The van der Waals surface area contributed by atoms with Crippen molar-refractivity contribution in [2.75, 3.05) is 20.8 Å². The van der Waals surface area contributed by atoms with Crippen LogP contribution in [-0.2, 0) is 14.8 Å². The number of carbonyl (C=O) groups is 1. The monoisotopic (exact) mass is 498 g/mol. The second-order valence-electron chi connectivity index (χ2n) is 7.92. The minimum Gasteiger partial charge on any atom is -0.493 e. The molecule has 0 spiro atoms. The van der Waals surface area contributed by atoms with E-state index in [1.165, 1.54) is 24.3 Å². The van der Waals surface area contributed by atoms with Gasteiger partial charge in [-0.25, -0.2) is 13.1 Å². The van der Waals surface area contributed by atoms with Gasteiger partial charge in [0.1, 0.15) is 5.75 Å². The van der Waals surface area contributed by atoms with Gasteiger partial charge in [-0.05, 0) is 61.4 Å². The molecular formula is C26H30N2O6S. The van der Waals surface area contributed by atoms with Crippen molar-refractivity contribution in [2.45, 2.75) is 30.8 Å². The molecule has 0 saturated heterocycles. The van der Waals surface area contributed by atoms with E-state index < -0.39 is 10.0 Å². The van der Waals surface area contributed by atoms with E-state index in [4.69, 9.17) is 14.2 Å². The number of benzene rings is 3. The van der Waals surface area contributed by atoms with Gasteiger partial charge in [-0.2, -0.15) is 0 Å². The van der Waals surface area contributed by atoms with Crippen LogP contribution in [0.15, 0.2) is 77.7 Å². The van der Waals surface area contributed by atoms with Gasteiger partial charge < -0.3 is 19.5 Å². The molecule has 3 rings (SSSR count). The highest BCUT2D eigenvalue weighted by molar-refractivity contribution is 7.89. The van der Waals surface area contributed by atoms with Gasteiger partial charge in [0.15, 0.2) is 18.1 Å². The molecule has 0 aliphatic rings. The van der Waals surface area contributed by atoms with Crippen molar-refractivity contribution in [3.8, 4) is 17.2 Å². The molecule has 2 N–H and O–H groups in total. The Labute approximate surface area is 206 Å². The molecule has 3 aromatic carbocycles. The fourth-order valence-electron chi connectivity index (χ4n) is 3.46. The van der Waals surface area contributed by atoms with Crippen LogP contribution in [0.4, 0.5) is 0 Å².